The lowest BCUT2D eigenvalue weighted by Crippen LogP contribution is -2.34. The van der Waals surface area contributed by atoms with Crippen molar-refractivity contribution in [2.24, 2.45) is 0 Å². The van der Waals surface area contributed by atoms with E-state index in [1.165, 1.54) is 17.4 Å². The summed E-state index contributed by atoms with van der Waals surface area (Å²) in [6, 6.07) is 2.11. The van der Waals surface area contributed by atoms with Crippen molar-refractivity contribution in [1.29, 1.82) is 0 Å². The van der Waals surface area contributed by atoms with E-state index in [1.807, 2.05) is 20.8 Å². The molecule has 108 valence electrons. The van der Waals surface area contributed by atoms with Gasteiger partial charge in [-0.3, -0.25) is 0 Å². The third-order valence-corrected chi connectivity index (χ3v) is 3.64. The van der Waals surface area contributed by atoms with Crippen LogP contribution in [-0.2, 0) is 6.54 Å². The zero-order valence-electron chi connectivity index (χ0n) is 11.4. The molecular weight excluding hydrogens is 285 g/mol. The number of rotatable bonds is 3. The molecule has 0 amide bonds. The fourth-order valence-electron chi connectivity index (χ4n) is 1.56. The Kier molecular flexibility index (Phi) is 4.15. The van der Waals surface area contributed by atoms with Crippen LogP contribution in [0.3, 0.4) is 0 Å². The number of aromatic nitrogens is 1. The molecule has 20 heavy (non-hydrogen) atoms. The van der Waals surface area contributed by atoms with Gasteiger partial charge in [0.2, 0.25) is 0 Å². The third kappa shape index (κ3) is 3.37. The quantitative estimate of drug-likeness (QED) is 0.863. The van der Waals surface area contributed by atoms with E-state index in [4.69, 9.17) is 0 Å². The van der Waals surface area contributed by atoms with Crippen LogP contribution in [0.15, 0.2) is 18.3 Å². The number of hydrogen-bond acceptors (Lipinski definition) is 3. The van der Waals surface area contributed by atoms with Gasteiger partial charge in [-0.05, 0) is 32.9 Å². The van der Waals surface area contributed by atoms with E-state index in [0.717, 1.165) is 10.9 Å². The van der Waals surface area contributed by atoms with Crippen molar-refractivity contribution in [3.8, 4) is 10.6 Å². The Labute approximate surface area is 119 Å². The zero-order chi connectivity index (χ0) is 14.9. The first-order chi connectivity index (χ1) is 9.28. The minimum Gasteiger partial charge on any atom is -0.307 e. The summed E-state index contributed by atoms with van der Waals surface area (Å²) in [5.41, 5.74) is -0.0619. The molecule has 0 saturated carbocycles. The van der Waals surface area contributed by atoms with Crippen LogP contribution in [0.25, 0.3) is 10.6 Å². The molecule has 0 spiro atoms. The molecule has 0 aliphatic heterocycles. The fourth-order valence-corrected chi connectivity index (χ4v) is 2.43. The first-order valence-corrected chi connectivity index (χ1v) is 6.93. The molecule has 1 aromatic heterocycles. The van der Waals surface area contributed by atoms with Gasteiger partial charge < -0.3 is 5.32 Å². The number of hydrogen-bond donors (Lipinski definition) is 1. The van der Waals surface area contributed by atoms with Gasteiger partial charge in [-0.15, -0.1) is 11.3 Å². The summed E-state index contributed by atoms with van der Waals surface area (Å²) in [7, 11) is 0. The normalized spacial score (nSPS) is 11.9. The molecule has 1 aromatic carbocycles. The van der Waals surface area contributed by atoms with E-state index in [0.29, 0.717) is 11.6 Å². The largest absolute Gasteiger partial charge is 0.307 e. The van der Waals surface area contributed by atoms with Crippen LogP contribution in [0.5, 0.6) is 0 Å². The van der Waals surface area contributed by atoms with E-state index in [9.17, 15) is 13.2 Å². The van der Waals surface area contributed by atoms with Crippen LogP contribution in [0.2, 0.25) is 0 Å². The molecule has 0 aliphatic rings. The van der Waals surface area contributed by atoms with Gasteiger partial charge in [0.25, 0.3) is 0 Å². The molecule has 0 unspecified atom stereocenters. The van der Waals surface area contributed by atoms with Gasteiger partial charge in [0.05, 0.1) is 0 Å². The van der Waals surface area contributed by atoms with Gasteiger partial charge in [-0.1, -0.05) is 0 Å². The lowest BCUT2D eigenvalue weighted by molar-refractivity contribution is 0.426. The highest BCUT2D eigenvalue weighted by Gasteiger charge is 2.17. The van der Waals surface area contributed by atoms with E-state index in [2.05, 4.69) is 10.3 Å². The highest BCUT2D eigenvalue weighted by atomic mass is 32.1. The first-order valence-electron chi connectivity index (χ1n) is 6.11. The second kappa shape index (κ2) is 5.54. The second-order valence-corrected chi connectivity index (χ2v) is 6.57. The van der Waals surface area contributed by atoms with Gasteiger partial charge >= 0.3 is 0 Å². The third-order valence-electron chi connectivity index (χ3n) is 2.61. The Bertz CT molecular complexity index is 617. The highest BCUT2D eigenvalue weighted by molar-refractivity contribution is 7.15. The highest BCUT2D eigenvalue weighted by Crippen LogP contribution is 2.29. The van der Waals surface area contributed by atoms with Crippen LogP contribution >= 0.6 is 11.3 Å². The number of halogens is 3. The minimum absolute atomic E-state index is 0.0177. The molecular formula is C14H15F3N2S. The average Bonchev–Trinajstić information content (AvgIpc) is 2.81. The maximum absolute atomic E-state index is 13.7. The van der Waals surface area contributed by atoms with E-state index in [-0.39, 0.29) is 11.1 Å². The average molecular weight is 300 g/mol. The van der Waals surface area contributed by atoms with Gasteiger partial charge in [0.15, 0.2) is 17.5 Å². The number of benzene rings is 1. The fraction of sp³-hybridized carbons (Fsp3) is 0.357. The van der Waals surface area contributed by atoms with Gasteiger partial charge in [-0.2, -0.15) is 0 Å². The maximum Gasteiger partial charge on any atom is 0.195 e. The molecule has 2 rings (SSSR count). The smallest absolute Gasteiger partial charge is 0.195 e. The summed E-state index contributed by atoms with van der Waals surface area (Å²) in [6.45, 7) is 6.68. The monoisotopic (exact) mass is 300 g/mol. The lowest BCUT2D eigenvalue weighted by Gasteiger charge is -2.19. The second-order valence-electron chi connectivity index (χ2n) is 5.46. The van der Waals surface area contributed by atoms with Crippen molar-refractivity contribution in [3.05, 3.63) is 40.7 Å². The molecule has 0 fully saturated rings. The van der Waals surface area contributed by atoms with Crippen molar-refractivity contribution in [2.75, 3.05) is 0 Å². The standard InChI is InChI=1S/C14H15F3N2S/c1-14(2,3)19-7-8-6-18-13(20-8)9-4-5-10(15)12(17)11(9)16/h4-6,19H,7H2,1-3H3. The number of nitrogens with one attached hydrogen (secondary N) is 1. The summed E-state index contributed by atoms with van der Waals surface area (Å²) in [6.07, 6.45) is 1.61. The molecule has 0 atom stereocenters. The van der Waals surface area contributed by atoms with Crippen LogP contribution in [0.4, 0.5) is 13.2 Å². The molecule has 2 aromatic rings. The first kappa shape index (κ1) is 15.0. The van der Waals surface area contributed by atoms with Crippen molar-refractivity contribution >= 4 is 11.3 Å². The molecule has 0 bridgehead atoms. The summed E-state index contributed by atoms with van der Waals surface area (Å²) < 4.78 is 39.8. The predicted octanol–water partition coefficient (Wildman–Crippen LogP) is 4.12. The molecule has 0 saturated heterocycles. The Morgan fingerprint density at radius 1 is 1.15 bits per heavy atom. The molecule has 0 radical (unpaired) electrons. The molecule has 0 aliphatic carbocycles. The molecule has 1 N–H and O–H groups in total. The molecule has 1 heterocycles. The van der Waals surface area contributed by atoms with Crippen molar-refractivity contribution in [2.45, 2.75) is 32.9 Å². The summed E-state index contributed by atoms with van der Waals surface area (Å²) in [4.78, 5) is 4.97. The van der Waals surface area contributed by atoms with Crippen LogP contribution in [0, 0.1) is 17.5 Å². The van der Waals surface area contributed by atoms with Crippen molar-refractivity contribution in [1.82, 2.24) is 10.3 Å². The van der Waals surface area contributed by atoms with Gasteiger partial charge in [0, 0.05) is 28.7 Å². The summed E-state index contributed by atoms with van der Waals surface area (Å²) in [5.74, 6) is -3.86. The number of nitrogens with zero attached hydrogens (tertiary/aromatic N) is 1. The lowest BCUT2D eigenvalue weighted by atomic mass is 10.1. The van der Waals surface area contributed by atoms with Crippen LogP contribution in [0.1, 0.15) is 25.6 Å². The number of thiazole rings is 1. The topological polar surface area (TPSA) is 24.9 Å². The van der Waals surface area contributed by atoms with Gasteiger partial charge in [-0.25, -0.2) is 18.2 Å². The Morgan fingerprint density at radius 2 is 1.85 bits per heavy atom. The summed E-state index contributed by atoms with van der Waals surface area (Å²) >= 11 is 1.25. The Balaban J connectivity index is 2.23. The Morgan fingerprint density at radius 3 is 2.50 bits per heavy atom. The predicted molar refractivity (Wildman–Crippen MR) is 74.0 cm³/mol. The minimum atomic E-state index is -1.47. The van der Waals surface area contributed by atoms with E-state index >= 15 is 0 Å². The van der Waals surface area contributed by atoms with Crippen LogP contribution < -0.4 is 5.32 Å². The molecule has 2 nitrogen and oxygen atoms in total. The van der Waals surface area contributed by atoms with Crippen LogP contribution in [-0.4, -0.2) is 10.5 Å². The van der Waals surface area contributed by atoms with E-state index < -0.39 is 17.5 Å². The summed E-state index contributed by atoms with van der Waals surface area (Å²) in [5, 5.41) is 3.62. The Hall–Kier alpha value is -1.40. The maximum atomic E-state index is 13.7. The molecule has 6 heteroatoms. The van der Waals surface area contributed by atoms with Crippen molar-refractivity contribution in [3.63, 3.8) is 0 Å². The SMILES string of the molecule is CC(C)(C)NCc1cnc(-c2ccc(F)c(F)c2F)s1. The van der Waals surface area contributed by atoms with Crippen molar-refractivity contribution < 1.29 is 13.2 Å². The van der Waals surface area contributed by atoms with Gasteiger partial charge in [0.1, 0.15) is 5.01 Å². The zero-order valence-corrected chi connectivity index (χ0v) is 12.2. The van der Waals surface area contributed by atoms with E-state index in [1.54, 1.807) is 6.20 Å².